The average molecular weight is 480 g/mol. The van der Waals surface area contributed by atoms with Gasteiger partial charge in [0.05, 0.1) is 6.42 Å². The van der Waals surface area contributed by atoms with E-state index in [0.29, 0.717) is 6.07 Å². The minimum absolute atomic E-state index is 0.00923. The van der Waals surface area contributed by atoms with Crippen molar-refractivity contribution in [3.63, 3.8) is 0 Å². The lowest BCUT2D eigenvalue weighted by atomic mass is 9.98. The number of halogens is 2. The molecular weight excluding hydrogens is 458 g/mol. The molecular formula is C26H22F2N2O5. The van der Waals surface area contributed by atoms with Crippen LogP contribution in [0.25, 0.3) is 11.1 Å². The lowest BCUT2D eigenvalue weighted by Crippen LogP contribution is -2.48. The molecule has 0 bridgehead atoms. The summed E-state index contributed by atoms with van der Waals surface area (Å²) in [6.45, 7) is -0.324. The largest absolute Gasteiger partial charge is 0.481 e. The van der Waals surface area contributed by atoms with Gasteiger partial charge in [0.25, 0.3) is 0 Å². The molecule has 3 aromatic rings. The summed E-state index contributed by atoms with van der Waals surface area (Å²) in [6.07, 6.45) is -1.66. The smallest absolute Gasteiger partial charge is 0.407 e. The van der Waals surface area contributed by atoms with E-state index in [0.717, 1.165) is 34.4 Å². The fourth-order valence-corrected chi connectivity index (χ4v) is 4.14. The second kappa shape index (κ2) is 10.3. The van der Waals surface area contributed by atoms with Crippen molar-refractivity contribution < 1.29 is 33.0 Å². The van der Waals surface area contributed by atoms with E-state index < -0.39 is 42.1 Å². The van der Waals surface area contributed by atoms with E-state index in [4.69, 9.17) is 9.84 Å². The summed E-state index contributed by atoms with van der Waals surface area (Å²) in [5.41, 5.74) is 4.11. The van der Waals surface area contributed by atoms with Crippen molar-refractivity contribution >= 4 is 18.0 Å². The number of rotatable bonds is 8. The Morgan fingerprint density at radius 1 is 0.943 bits per heavy atom. The lowest BCUT2D eigenvalue weighted by molar-refractivity contribution is -0.139. The normalized spacial score (nSPS) is 12.9. The van der Waals surface area contributed by atoms with E-state index in [-0.39, 0.29) is 24.6 Å². The van der Waals surface area contributed by atoms with Crippen molar-refractivity contribution in [2.24, 2.45) is 0 Å². The first-order valence-electron chi connectivity index (χ1n) is 10.9. The summed E-state index contributed by atoms with van der Waals surface area (Å²) in [5, 5.41) is 13.8. The summed E-state index contributed by atoms with van der Waals surface area (Å²) < 4.78 is 32.2. The molecule has 0 radical (unpaired) electrons. The Morgan fingerprint density at radius 3 is 2.17 bits per heavy atom. The molecule has 0 spiro atoms. The van der Waals surface area contributed by atoms with Gasteiger partial charge >= 0.3 is 12.1 Å². The number of benzene rings is 3. The molecule has 7 nitrogen and oxygen atoms in total. The van der Waals surface area contributed by atoms with E-state index in [2.05, 4.69) is 10.6 Å². The third-order valence-corrected chi connectivity index (χ3v) is 5.80. The van der Waals surface area contributed by atoms with Gasteiger partial charge in [-0.2, -0.15) is 0 Å². The Balaban J connectivity index is 1.39. The highest BCUT2D eigenvalue weighted by Crippen LogP contribution is 2.44. The Bertz CT molecular complexity index is 1230. The molecule has 0 aliphatic heterocycles. The van der Waals surface area contributed by atoms with Crippen molar-refractivity contribution in [1.29, 1.82) is 0 Å². The quantitative estimate of drug-likeness (QED) is 0.453. The number of carbonyl (C=O) groups is 3. The molecule has 4 rings (SSSR count). The van der Waals surface area contributed by atoms with Gasteiger partial charge in [0, 0.05) is 24.1 Å². The van der Waals surface area contributed by atoms with E-state index in [1.807, 2.05) is 48.5 Å². The number of carboxylic acids is 1. The van der Waals surface area contributed by atoms with Gasteiger partial charge < -0.3 is 20.5 Å². The van der Waals surface area contributed by atoms with Crippen molar-refractivity contribution in [3.05, 3.63) is 95.1 Å². The van der Waals surface area contributed by atoms with Crippen molar-refractivity contribution in [3.8, 4) is 11.1 Å². The maximum absolute atomic E-state index is 13.8. The van der Waals surface area contributed by atoms with Crippen LogP contribution >= 0.6 is 0 Å². The standard InChI is InChI=1S/C26H22F2N2O5/c27-16-10-9-15(22(28)11-16)13-29-25(33)23(12-24(31)32)30-26(34)35-14-21-19-7-3-1-5-17(19)18-6-2-4-8-20(18)21/h1-11,21,23H,12-14H2,(H,29,33)(H,30,34)(H,31,32). The third-order valence-electron chi connectivity index (χ3n) is 5.80. The van der Waals surface area contributed by atoms with Gasteiger partial charge in [0.15, 0.2) is 0 Å². The number of ether oxygens (including phenoxy) is 1. The number of amides is 2. The Hall–Kier alpha value is -4.27. The molecule has 1 unspecified atom stereocenters. The van der Waals surface area contributed by atoms with E-state index >= 15 is 0 Å². The van der Waals surface area contributed by atoms with Crippen molar-refractivity contribution in [2.75, 3.05) is 6.61 Å². The molecule has 2 amide bonds. The van der Waals surface area contributed by atoms with Gasteiger partial charge in [0.1, 0.15) is 24.3 Å². The third kappa shape index (κ3) is 5.46. The van der Waals surface area contributed by atoms with Gasteiger partial charge in [0.2, 0.25) is 5.91 Å². The number of fused-ring (bicyclic) bond motifs is 3. The van der Waals surface area contributed by atoms with E-state index in [1.165, 1.54) is 0 Å². The monoisotopic (exact) mass is 480 g/mol. The molecule has 0 saturated heterocycles. The van der Waals surface area contributed by atoms with Crippen LogP contribution in [0.1, 0.15) is 29.0 Å². The van der Waals surface area contributed by atoms with E-state index in [9.17, 15) is 23.2 Å². The Labute approximate surface area is 199 Å². The molecule has 180 valence electrons. The topological polar surface area (TPSA) is 105 Å². The van der Waals surface area contributed by atoms with Gasteiger partial charge in [-0.05, 0) is 28.3 Å². The zero-order valence-corrected chi connectivity index (χ0v) is 18.5. The van der Waals surface area contributed by atoms with Gasteiger partial charge in [-0.3, -0.25) is 9.59 Å². The summed E-state index contributed by atoms with van der Waals surface area (Å²) in [6, 6.07) is 17.0. The van der Waals surface area contributed by atoms with Gasteiger partial charge in [-0.15, -0.1) is 0 Å². The van der Waals surface area contributed by atoms with Crippen LogP contribution in [0.3, 0.4) is 0 Å². The first-order chi connectivity index (χ1) is 16.8. The number of aliphatic carboxylic acids is 1. The average Bonchev–Trinajstić information content (AvgIpc) is 3.15. The maximum Gasteiger partial charge on any atom is 0.407 e. The second-order valence-electron chi connectivity index (χ2n) is 8.07. The number of hydrogen-bond acceptors (Lipinski definition) is 4. The van der Waals surface area contributed by atoms with Crippen LogP contribution in [0, 0.1) is 11.6 Å². The summed E-state index contributed by atoms with van der Waals surface area (Å²) >= 11 is 0. The molecule has 0 fully saturated rings. The molecule has 9 heteroatoms. The molecule has 1 atom stereocenters. The number of carboxylic acid groups (broad SMARTS) is 1. The highest BCUT2D eigenvalue weighted by molar-refractivity contribution is 5.89. The molecule has 0 aromatic heterocycles. The SMILES string of the molecule is O=C(O)CC(NC(=O)OCC1c2ccccc2-c2ccccc21)C(=O)NCc1ccc(F)cc1F. The van der Waals surface area contributed by atoms with Crippen LogP contribution in [0.15, 0.2) is 66.7 Å². The van der Waals surface area contributed by atoms with Crippen molar-refractivity contribution in [2.45, 2.75) is 24.9 Å². The van der Waals surface area contributed by atoms with Gasteiger partial charge in [-0.1, -0.05) is 54.6 Å². The summed E-state index contributed by atoms with van der Waals surface area (Å²) in [5.74, 6) is -3.99. The summed E-state index contributed by atoms with van der Waals surface area (Å²) in [7, 11) is 0. The number of carbonyl (C=O) groups excluding carboxylic acids is 2. The highest BCUT2D eigenvalue weighted by atomic mass is 19.1. The minimum Gasteiger partial charge on any atom is -0.481 e. The van der Waals surface area contributed by atoms with Crippen LogP contribution in [0.2, 0.25) is 0 Å². The zero-order valence-electron chi connectivity index (χ0n) is 18.5. The molecule has 0 heterocycles. The zero-order chi connectivity index (χ0) is 24.9. The number of nitrogens with one attached hydrogen (secondary N) is 2. The number of alkyl carbamates (subject to hydrolysis) is 1. The predicted molar refractivity (Wildman–Crippen MR) is 122 cm³/mol. The Kier molecular flexibility index (Phi) is 7.05. The molecule has 35 heavy (non-hydrogen) atoms. The molecule has 3 N–H and O–H groups in total. The second-order valence-corrected chi connectivity index (χ2v) is 8.07. The summed E-state index contributed by atoms with van der Waals surface area (Å²) in [4.78, 5) is 36.2. The van der Waals surface area contributed by atoms with Crippen LogP contribution in [-0.4, -0.2) is 35.7 Å². The predicted octanol–water partition coefficient (Wildman–Crippen LogP) is 3.96. The molecule has 0 saturated carbocycles. The fraction of sp³-hybridized carbons (Fsp3) is 0.192. The minimum atomic E-state index is -1.45. The molecule has 3 aromatic carbocycles. The number of hydrogen-bond donors (Lipinski definition) is 3. The Morgan fingerprint density at radius 2 is 1.57 bits per heavy atom. The lowest BCUT2D eigenvalue weighted by Gasteiger charge is -2.19. The van der Waals surface area contributed by atoms with E-state index in [1.54, 1.807) is 0 Å². The molecule has 1 aliphatic carbocycles. The van der Waals surface area contributed by atoms with Crippen molar-refractivity contribution in [1.82, 2.24) is 10.6 Å². The fourth-order valence-electron chi connectivity index (χ4n) is 4.14. The van der Waals surface area contributed by atoms with Gasteiger partial charge in [-0.25, -0.2) is 13.6 Å². The van der Waals surface area contributed by atoms with Crippen LogP contribution in [-0.2, 0) is 20.9 Å². The molecule has 1 aliphatic rings. The van der Waals surface area contributed by atoms with Crippen LogP contribution in [0.4, 0.5) is 13.6 Å². The maximum atomic E-state index is 13.8. The first kappa shape index (κ1) is 23.9. The highest BCUT2D eigenvalue weighted by Gasteiger charge is 2.30. The van der Waals surface area contributed by atoms with Crippen LogP contribution in [0.5, 0.6) is 0 Å². The van der Waals surface area contributed by atoms with Crippen LogP contribution < -0.4 is 10.6 Å². The first-order valence-corrected chi connectivity index (χ1v) is 10.9.